The lowest BCUT2D eigenvalue weighted by Crippen LogP contribution is -2.35. The van der Waals surface area contributed by atoms with Crippen LogP contribution in [0.2, 0.25) is 0 Å². The average Bonchev–Trinajstić information content (AvgIpc) is 2.98. The van der Waals surface area contributed by atoms with Crippen molar-refractivity contribution in [1.82, 2.24) is 14.9 Å². The largest absolute Gasteiger partial charge is 0.444 e. The smallest absolute Gasteiger partial charge is 0.208 e. The summed E-state index contributed by atoms with van der Waals surface area (Å²) in [7, 11) is 0. The Bertz CT molecular complexity index is 957. The molecule has 3 aromatic rings. The van der Waals surface area contributed by atoms with Crippen LogP contribution in [0.1, 0.15) is 35.9 Å². The van der Waals surface area contributed by atoms with E-state index in [-0.39, 0.29) is 5.82 Å². The first-order valence-corrected chi connectivity index (χ1v) is 9.94. The highest BCUT2D eigenvalue weighted by Gasteiger charge is 2.21. The van der Waals surface area contributed by atoms with E-state index in [1.54, 1.807) is 12.1 Å². The lowest BCUT2D eigenvalue weighted by Gasteiger charge is -2.31. The molecule has 6 heteroatoms. The minimum atomic E-state index is -0.230. The first kappa shape index (κ1) is 18.9. The van der Waals surface area contributed by atoms with E-state index >= 15 is 0 Å². The fourth-order valence-corrected chi connectivity index (χ4v) is 3.88. The number of likely N-dealkylation sites (tertiary alicyclic amines) is 1. The van der Waals surface area contributed by atoms with Gasteiger partial charge in [-0.05, 0) is 76.9 Å². The van der Waals surface area contributed by atoms with Crippen LogP contribution in [-0.2, 0) is 6.54 Å². The van der Waals surface area contributed by atoms with Crippen molar-refractivity contribution >= 4 is 16.6 Å². The first-order chi connectivity index (χ1) is 13.5. The monoisotopic (exact) mass is 382 g/mol. The molecule has 1 N–H and O–H groups in total. The summed E-state index contributed by atoms with van der Waals surface area (Å²) in [5.74, 6) is 2.09. The number of oxazole rings is 1. The van der Waals surface area contributed by atoms with E-state index in [0.717, 1.165) is 78.6 Å². The van der Waals surface area contributed by atoms with E-state index in [4.69, 9.17) is 4.42 Å². The van der Waals surface area contributed by atoms with Gasteiger partial charge in [0.05, 0.1) is 17.8 Å². The molecule has 148 valence electrons. The number of hydrogen-bond acceptors (Lipinski definition) is 5. The van der Waals surface area contributed by atoms with Crippen molar-refractivity contribution in [3.63, 3.8) is 0 Å². The minimum Gasteiger partial charge on any atom is -0.444 e. The average molecular weight is 382 g/mol. The molecule has 1 aromatic carbocycles. The number of nitrogens with one attached hydrogen (secondary N) is 1. The molecular weight excluding hydrogens is 355 g/mol. The molecule has 0 radical (unpaired) electrons. The quantitative estimate of drug-likeness (QED) is 0.698. The van der Waals surface area contributed by atoms with Crippen LogP contribution in [0.3, 0.4) is 0 Å². The Hall–Kier alpha value is -2.47. The standard InChI is InChI=1S/C22H27FN4O/c1-14-10-21(19-11-18(23)4-5-20(19)25-14)24-12-17-6-8-27(9-7-17)13-22-26-15(2)16(3)28-22/h4-5,10-11,17H,6-9,12-13H2,1-3H3,(H,24,25). The van der Waals surface area contributed by atoms with E-state index in [2.05, 4.69) is 20.2 Å². The molecule has 1 aliphatic rings. The molecule has 3 heterocycles. The van der Waals surface area contributed by atoms with E-state index in [9.17, 15) is 4.39 Å². The third-order valence-electron chi connectivity index (χ3n) is 5.62. The third kappa shape index (κ3) is 4.17. The summed E-state index contributed by atoms with van der Waals surface area (Å²) >= 11 is 0. The molecule has 0 aliphatic carbocycles. The Morgan fingerprint density at radius 3 is 2.64 bits per heavy atom. The number of aryl methyl sites for hydroxylation is 3. The summed E-state index contributed by atoms with van der Waals surface area (Å²) in [6.45, 7) is 9.66. The molecule has 1 aliphatic heterocycles. The Balaban J connectivity index is 1.34. The topological polar surface area (TPSA) is 54.2 Å². The van der Waals surface area contributed by atoms with Crippen LogP contribution < -0.4 is 5.32 Å². The highest BCUT2D eigenvalue weighted by Crippen LogP contribution is 2.26. The van der Waals surface area contributed by atoms with E-state index < -0.39 is 0 Å². The predicted octanol–water partition coefficient (Wildman–Crippen LogP) is 4.61. The second-order valence-corrected chi connectivity index (χ2v) is 7.82. The van der Waals surface area contributed by atoms with Gasteiger partial charge in [0, 0.05) is 23.3 Å². The van der Waals surface area contributed by atoms with E-state index in [1.807, 2.05) is 26.8 Å². The number of fused-ring (bicyclic) bond motifs is 1. The molecular formula is C22H27FN4O. The highest BCUT2D eigenvalue weighted by molar-refractivity contribution is 5.91. The fraction of sp³-hybridized carbons (Fsp3) is 0.455. The zero-order valence-electron chi connectivity index (χ0n) is 16.8. The zero-order chi connectivity index (χ0) is 19.7. The predicted molar refractivity (Wildman–Crippen MR) is 109 cm³/mol. The summed E-state index contributed by atoms with van der Waals surface area (Å²) < 4.78 is 19.4. The third-order valence-corrected chi connectivity index (χ3v) is 5.62. The molecule has 0 saturated carbocycles. The lowest BCUT2D eigenvalue weighted by molar-refractivity contribution is 0.167. The molecule has 0 spiro atoms. The maximum Gasteiger partial charge on any atom is 0.208 e. The number of aromatic nitrogens is 2. The summed E-state index contributed by atoms with van der Waals surface area (Å²) in [6.07, 6.45) is 2.25. The van der Waals surface area contributed by atoms with Crippen molar-refractivity contribution in [2.24, 2.45) is 5.92 Å². The van der Waals surface area contributed by atoms with Gasteiger partial charge < -0.3 is 9.73 Å². The van der Waals surface area contributed by atoms with Gasteiger partial charge in [-0.15, -0.1) is 0 Å². The summed E-state index contributed by atoms with van der Waals surface area (Å²) in [5.41, 5.74) is 3.71. The number of nitrogens with zero attached hydrogens (tertiary/aromatic N) is 3. The summed E-state index contributed by atoms with van der Waals surface area (Å²) in [6, 6.07) is 6.77. The molecule has 0 atom stereocenters. The molecule has 0 bridgehead atoms. The lowest BCUT2D eigenvalue weighted by atomic mass is 9.96. The first-order valence-electron chi connectivity index (χ1n) is 9.94. The van der Waals surface area contributed by atoms with Gasteiger partial charge in [-0.1, -0.05) is 0 Å². The van der Waals surface area contributed by atoms with Crippen LogP contribution in [0.4, 0.5) is 10.1 Å². The molecule has 1 saturated heterocycles. The van der Waals surface area contributed by atoms with E-state index in [1.165, 1.54) is 6.07 Å². The number of piperidine rings is 1. The molecule has 0 unspecified atom stereocenters. The normalized spacial score (nSPS) is 16.0. The van der Waals surface area contributed by atoms with Gasteiger partial charge in [0.1, 0.15) is 11.6 Å². The molecule has 4 rings (SSSR count). The number of rotatable bonds is 5. The van der Waals surface area contributed by atoms with Crippen molar-refractivity contribution < 1.29 is 8.81 Å². The SMILES string of the molecule is Cc1cc(NCC2CCN(Cc3nc(C)c(C)o3)CC2)c2cc(F)ccc2n1. The number of anilines is 1. The number of hydrogen-bond donors (Lipinski definition) is 1. The van der Waals surface area contributed by atoms with Crippen molar-refractivity contribution in [3.05, 3.63) is 53.1 Å². The molecule has 5 nitrogen and oxygen atoms in total. The maximum atomic E-state index is 13.7. The van der Waals surface area contributed by atoms with Crippen molar-refractivity contribution in [2.45, 2.75) is 40.2 Å². The highest BCUT2D eigenvalue weighted by atomic mass is 19.1. The molecule has 1 fully saturated rings. The maximum absolute atomic E-state index is 13.7. The van der Waals surface area contributed by atoms with Gasteiger partial charge in [0.2, 0.25) is 5.89 Å². The second-order valence-electron chi connectivity index (χ2n) is 7.82. The van der Waals surface area contributed by atoms with Crippen molar-refractivity contribution in [1.29, 1.82) is 0 Å². The van der Waals surface area contributed by atoms with Gasteiger partial charge in [0.15, 0.2) is 0 Å². The summed E-state index contributed by atoms with van der Waals surface area (Å²) in [4.78, 5) is 11.4. The molecule has 0 amide bonds. The van der Waals surface area contributed by atoms with Crippen LogP contribution in [0.5, 0.6) is 0 Å². The van der Waals surface area contributed by atoms with Gasteiger partial charge in [0.25, 0.3) is 0 Å². The molecule has 28 heavy (non-hydrogen) atoms. The Morgan fingerprint density at radius 1 is 1.14 bits per heavy atom. The van der Waals surface area contributed by atoms with Crippen LogP contribution in [-0.4, -0.2) is 34.5 Å². The van der Waals surface area contributed by atoms with Crippen molar-refractivity contribution in [2.75, 3.05) is 25.0 Å². The van der Waals surface area contributed by atoms with E-state index in [0.29, 0.717) is 5.92 Å². The van der Waals surface area contributed by atoms with Gasteiger partial charge in [-0.25, -0.2) is 9.37 Å². The zero-order valence-corrected chi connectivity index (χ0v) is 16.8. The minimum absolute atomic E-state index is 0.230. The Morgan fingerprint density at radius 2 is 1.93 bits per heavy atom. The number of halogens is 1. The fourth-order valence-electron chi connectivity index (χ4n) is 3.88. The van der Waals surface area contributed by atoms with Crippen LogP contribution in [0.15, 0.2) is 28.7 Å². The Kier molecular flexibility index (Phi) is 5.31. The summed E-state index contributed by atoms with van der Waals surface area (Å²) in [5, 5.41) is 4.39. The van der Waals surface area contributed by atoms with Gasteiger partial charge in [-0.2, -0.15) is 0 Å². The number of benzene rings is 1. The van der Waals surface area contributed by atoms with Gasteiger partial charge in [-0.3, -0.25) is 9.88 Å². The molecule has 2 aromatic heterocycles. The van der Waals surface area contributed by atoms with Crippen LogP contribution in [0, 0.1) is 32.5 Å². The van der Waals surface area contributed by atoms with Crippen molar-refractivity contribution in [3.8, 4) is 0 Å². The Labute approximate surface area is 165 Å². The van der Waals surface area contributed by atoms with Crippen LogP contribution in [0.25, 0.3) is 10.9 Å². The second kappa shape index (κ2) is 7.87. The van der Waals surface area contributed by atoms with Crippen LogP contribution >= 0.6 is 0 Å². The van der Waals surface area contributed by atoms with Gasteiger partial charge >= 0.3 is 0 Å². The number of pyridine rings is 1.